The molecule has 0 fully saturated rings. The Labute approximate surface area is 124 Å². The Hall–Kier alpha value is -1.76. The maximum absolute atomic E-state index is 12.2. The van der Waals surface area contributed by atoms with Crippen molar-refractivity contribution >= 4 is 21.5 Å². The molecule has 1 aliphatic rings. The topological polar surface area (TPSA) is 83.9 Å². The number of hydrogen-bond donors (Lipinski definition) is 1. The monoisotopic (exact) mass is 313 g/mol. The van der Waals surface area contributed by atoms with E-state index in [9.17, 15) is 13.2 Å². The summed E-state index contributed by atoms with van der Waals surface area (Å²) in [4.78, 5) is 12.8. The number of rotatable bonds is 6. The highest BCUT2D eigenvalue weighted by Crippen LogP contribution is 2.34. The third-order valence-corrected chi connectivity index (χ3v) is 5.04. The molecule has 1 aromatic carbocycles. The fourth-order valence-electron chi connectivity index (χ4n) is 2.29. The van der Waals surface area contributed by atoms with Gasteiger partial charge < -0.3 is 14.7 Å². The van der Waals surface area contributed by atoms with Crippen molar-refractivity contribution in [3.8, 4) is 5.75 Å². The molecule has 1 aliphatic heterocycles. The molecule has 21 heavy (non-hydrogen) atoms. The van der Waals surface area contributed by atoms with Gasteiger partial charge in [0.15, 0.2) is 9.84 Å². The van der Waals surface area contributed by atoms with E-state index in [1.54, 1.807) is 12.1 Å². The van der Waals surface area contributed by atoms with Crippen molar-refractivity contribution in [2.45, 2.75) is 24.7 Å². The average molecular weight is 313 g/mol. The van der Waals surface area contributed by atoms with E-state index in [0.29, 0.717) is 12.4 Å². The zero-order valence-corrected chi connectivity index (χ0v) is 12.7. The standard InChI is InChI=1S/C14H19NO5S/c1-2-6-15-7-8-20-13-4-3-11(10-12(13)15)21(18,19)9-5-14(16)17/h3-4,10H,2,5-9H2,1H3,(H,16,17). The summed E-state index contributed by atoms with van der Waals surface area (Å²) in [5, 5.41) is 8.64. The van der Waals surface area contributed by atoms with E-state index in [1.165, 1.54) is 6.07 Å². The second kappa shape index (κ2) is 6.34. The molecule has 0 bridgehead atoms. The minimum atomic E-state index is -3.59. The molecular weight excluding hydrogens is 294 g/mol. The molecule has 0 atom stereocenters. The van der Waals surface area contributed by atoms with Crippen LogP contribution < -0.4 is 9.64 Å². The average Bonchev–Trinajstić information content (AvgIpc) is 2.45. The quantitative estimate of drug-likeness (QED) is 0.857. The lowest BCUT2D eigenvalue weighted by atomic mass is 10.2. The summed E-state index contributed by atoms with van der Waals surface area (Å²) in [6, 6.07) is 4.71. The lowest BCUT2D eigenvalue weighted by molar-refractivity contribution is -0.136. The van der Waals surface area contributed by atoms with Gasteiger partial charge in [-0.3, -0.25) is 4.79 Å². The fraction of sp³-hybridized carbons (Fsp3) is 0.500. The van der Waals surface area contributed by atoms with Crippen molar-refractivity contribution in [2.75, 3.05) is 30.3 Å². The predicted molar refractivity (Wildman–Crippen MR) is 78.7 cm³/mol. The van der Waals surface area contributed by atoms with Crippen molar-refractivity contribution in [3.63, 3.8) is 0 Å². The van der Waals surface area contributed by atoms with Crippen molar-refractivity contribution in [1.29, 1.82) is 0 Å². The Balaban J connectivity index is 2.30. The molecule has 7 heteroatoms. The molecule has 0 spiro atoms. The van der Waals surface area contributed by atoms with Gasteiger partial charge in [0.25, 0.3) is 0 Å². The number of carboxylic acid groups (broad SMARTS) is 1. The Bertz CT molecular complexity index is 626. The number of carbonyl (C=O) groups is 1. The maximum atomic E-state index is 12.2. The number of carboxylic acids is 1. The van der Waals surface area contributed by atoms with E-state index >= 15 is 0 Å². The summed E-state index contributed by atoms with van der Waals surface area (Å²) in [5.41, 5.74) is 0.763. The molecular formula is C14H19NO5S. The molecule has 0 saturated carbocycles. The molecule has 0 aliphatic carbocycles. The normalized spacial score (nSPS) is 14.4. The molecule has 0 amide bonds. The van der Waals surface area contributed by atoms with Crippen LogP contribution in [0, 0.1) is 0 Å². The summed E-state index contributed by atoms with van der Waals surface area (Å²) >= 11 is 0. The Morgan fingerprint density at radius 2 is 2.19 bits per heavy atom. The number of sulfone groups is 1. The minimum absolute atomic E-state index is 0.147. The number of nitrogens with zero attached hydrogens (tertiary/aromatic N) is 1. The Kier molecular flexibility index (Phi) is 4.72. The molecule has 0 aromatic heterocycles. The first kappa shape index (κ1) is 15.6. The Morgan fingerprint density at radius 1 is 1.43 bits per heavy atom. The van der Waals surface area contributed by atoms with Crippen LogP contribution in [-0.4, -0.2) is 44.9 Å². The van der Waals surface area contributed by atoms with Gasteiger partial charge in [-0.25, -0.2) is 8.42 Å². The van der Waals surface area contributed by atoms with Crippen LogP contribution in [0.1, 0.15) is 19.8 Å². The zero-order valence-electron chi connectivity index (χ0n) is 11.9. The van der Waals surface area contributed by atoms with Gasteiger partial charge in [-0.05, 0) is 24.6 Å². The summed E-state index contributed by atoms with van der Waals surface area (Å²) in [5.74, 6) is -0.838. The van der Waals surface area contributed by atoms with Crippen LogP contribution in [-0.2, 0) is 14.6 Å². The van der Waals surface area contributed by atoms with Gasteiger partial charge in [0, 0.05) is 6.54 Å². The van der Waals surface area contributed by atoms with E-state index in [2.05, 4.69) is 11.8 Å². The molecule has 116 valence electrons. The van der Waals surface area contributed by atoms with Crippen LogP contribution in [0.3, 0.4) is 0 Å². The summed E-state index contributed by atoms with van der Waals surface area (Å²) in [6.07, 6.45) is 0.560. The number of benzene rings is 1. The molecule has 6 nitrogen and oxygen atoms in total. The second-order valence-corrected chi connectivity index (χ2v) is 7.04. The lowest BCUT2D eigenvalue weighted by Crippen LogP contribution is -2.33. The largest absolute Gasteiger partial charge is 0.490 e. The molecule has 0 saturated heterocycles. The van der Waals surface area contributed by atoms with Crippen molar-refractivity contribution in [2.24, 2.45) is 0 Å². The van der Waals surface area contributed by atoms with Crippen LogP contribution in [0.5, 0.6) is 5.75 Å². The third kappa shape index (κ3) is 3.66. The molecule has 1 N–H and O–H groups in total. The van der Waals surface area contributed by atoms with Crippen LogP contribution in [0.15, 0.2) is 23.1 Å². The van der Waals surface area contributed by atoms with E-state index in [4.69, 9.17) is 9.84 Å². The molecule has 1 heterocycles. The maximum Gasteiger partial charge on any atom is 0.304 e. The third-order valence-electron chi connectivity index (χ3n) is 3.33. The Morgan fingerprint density at radius 3 is 2.86 bits per heavy atom. The SMILES string of the molecule is CCCN1CCOc2ccc(S(=O)(=O)CCC(=O)O)cc21. The molecule has 0 radical (unpaired) electrons. The molecule has 1 aromatic rings. The van der Waals surface area contributed by atoms with Crippen LogP contribution in [0.2, 0.25) is 0 Å². The smallest absolute Gasteiger partial charge is 0.304 e. The van der Waals surface area contributed by atoms with E-state index in [-0.39, 0.29) is 4.90 Å². The number of anilines is 1. The number of aliphatic carboxylic acids is 1. The number of ether oxygens (including phenoxy) is 1. The fourth-order valence-corrected chi connectivity index (χ4v) is 3.53. The van der Waals surface area contributed by atoms with Gasteiger partial charge in [-0.15, -0.1) is 0 Å². The van der Waals surface area contributed by atoms with Crippen LogP contribution in [0.4, 0.5) is 5.69 Å². The van der Waals surface area contributed by atoms with E-state index in [1.807, 2.05) is 0 Å². The van der Waals surface area contributed by atoms with Crippen molar-refractivity contribution in [1.82, 2.24) is 0 Å². The van der Waals surface area contributed by atoms with Crippen LogP contribution >= 0.6 is 0 Å². The van der Waals surface area contributed by atoms with Gasteiger partial charge >= 0.3 is 5.97 Å². The highest BCUT2D eigenvalue weighted by atomic mass is 32.2. The molecule has 2 rings (SSSR count). The summed E-state index contributed by atoms with van der Waals surface area (Å²) in [6.45, 7) is 4.19. The van der Waals surface area contributed by atoms with E-state index in [0.717, 1.165) is 25.2 Å². The van der Waals surface area contributed by atoms with Crippen LogP contribution in [0.25, 0.3) is 0 Å². The van der Waals surface area contributed by atoms with Gasteiger partial charge in [0.05, 0.1) is 29.3 Å². The summed E-state index contributed by atoms with van der Waals surface area (Å²) < 4.78 is 29.9. The van der Waals surface area contributed by atoms with Gasteiger partial charge in [-0.1, -0.05) is 6.92 Å². The highest BCUT2D eigenvalue weighted by Gasteiger charge is 2.22. The first-order chi connectivity index (χ1) is 9.94. The van der Waals surface area contributed by atoms with Crippen molar-refractivity contribution in [3.05, 3.63) is 18.2 Å². The second-order valence-electron chi connectivity index (χ2n) is 4.93. The minimum Gasteiger partial charge on any atom is -0.490 e. The number of hydrogen-bond acceptors (Lipinski definition) is 5. The number of fused-ring (bicyclic) bond motifs is 1. The van der Waals surface area contributed by atoms with Gasteiger partial charge in [-0.2, -0.15) is 0 Å². The zero-order chi connectivity index (χ0) is 15.5. The van der Waals surface area contributed by atoms with Crippen molar-refractivity contribution < 1.29 is 23.1 Å². The van der Waals surface area contributed by atoms with E-state index < -0.39 is 28.0 Å². The molecule has 0 unspecified atom stereocenters. The lowest BCUT2D eigenvalue weighted by Gasteiger charge is -2.31. The predicted octanol–water partition coefficient (Wildman–Crippen LogP) is 1.54. The first-order valence-corrected chi connectivity index (χ1v) is 8.55. The summed E-state index contributed by atoms with van der Waals surface area (Å²) in [7, 11) is -3.59. The highest BCUT2D eigenvalue weighted by molar-refractivity contribution is 7.91. The van der Waals surface area contributed by atoms with Gasteiger partial charge in [0.2, 0.25) is 0 Å². The first-order valence-electron chi connectivity index (χ1n) is 6.90. The van der Waals surface area contributed by atoms with Gasteiger partial charge in [0.1, 0.15) is 12.4 Å².